The Bertz CT molecular complexity index is 813. The van der Waals surface area contributed by atoms with Crippen LogP contribution in [-0.4, -0.2) is 80.1 Å². The molecule has 30 heavy (non-hydrogen) atoms. The molecule has 1 fully saturated rings. The van der Waals surface area contributed by atoms with Gasteiger partial charge in [-0.15, -0.1) is 0 Å². The molecular weight excluding hydrogens is 495 g/mol. The third kappa shape index (κ3) is 8.20. The van der Waals surface area contributed by atoms with Gasteiger partial charge in [0.1, 0.15) is 0 Å². The van der Waals surface area contributed by atoms with Crippen LogP contribution in [0.25, 0.3) is 0 Å². The van der Waals surface area contributed by atoms with Gasteiger partial charge in [0.2, 0.25) is 15.9 Å². The Morgan fingerprint density at radius 1 is 1.20 bits per heavy atom. The van der Waals surface area contributed by atoms with Crippen LogP contribution in [0.3, 0.4) is 0 Å². The summed E-state index contributed by atoms with van der Waals surface area (Å²) in [6.45, 7) is 4.87. The van der Waals surface area contributed by atoms with Gasteiger partial charge in [-0.3, -0.25) is 4.79 Å². The van der Waals surface area contributed by atoms with Crippen molar-refractivity contribution in [1.29, 1.82) is 0 Å². The molecule has 170 valence electrons. The second kappa shape index (κ2) is 11.6. The number of aliphatic carboxylic acids is 1. The summed E-state index contributed by atoms with van der Waals surface area (Å²) < 4.78 is 59.4. The molecule has 1 aliphatic rings. The first-order chi connectivity index (χ1) is 13.9. The van der Waals surface area contributed by atoms with Gasteiger partial charge in [0, 0.05) is 37.2 Å². The summed E-state index contributed by atoms with van der Waals surface area (Å²) in [5.41, 5.74) is 0. The number of carbonyl (C=O) groups is 2. The molecule has 0 atom stereocenters. The Labute approximate surface area is 181 Å². The van der Waals surface area contributed by atoms with Crippen LogP contribution in [0.4, 0.5) is 13.2 Å². The standard InChI is InChI=1S/C15H22BrN3O3S.C2HF3O2/c1-2-9-19(12-15(20)18-10-7-17-8-11-18)23(21,22)14-5-3-13(16)4-6-14;3-2(4,5)1(6)7/h3-6,17H,2,7-12H2,1H3;(H,6,7). The molecule has 1 heterocycles. The molecule has 0 aliphatic carbocycles. The highest BCUT2D eigenvalue weighted by Gasteiger charge is 2.38. The maximum atomic E-state index is 12.8. The van der Waals surface area contributed by atoms with Gasteiger partial charge in [0.05, 0.1) is 11.4 Å². The van der Waals surface area contributed by atoms with Gasteiger partial charge in [0.15, 0.2) is 0 Å². The van der Waals surface area contributed by atoms with Crippen LogP contribution in [0.5, 0.6) is 0 Å². The lowest BCUT2D eigenvalue weighted by Crippen LogP contribution is -2.50. The number of sulfonamides is 1. The Balaban J connectivity index is 0.000000553. The monoisotopic (exact) mass is 517 g/mol. The second-order valence-electron chi connectivity index (χ2n) is 6.23. The van der Waals surface area contributed by atoms with Gasteiger partial charge < -0.3 is 15.3 Å². The van der Waals surface area contributed by atoms with Gasteiger partial charge in [-0.1, -0.05) is 22.9 Å². The molecule has 1 saturated heterocycles. The fraction of sp³-hybridized carbons (Fsp3) is 0.529. The number of piperazine rings is 1. The first-order valence-electron chi connectivity index (χ1n) is 8.94. The van der Waals surface area contributed by atoms with Gasteiger partial charge >= 0.3 is 12.1 Å². The highest BCUT2D eigenvalue weighted by molar-refractivity contribution is 9.10. The maximum Gasteiger partial charge on any atom is 0.490 e. The number of amides is 1. The van der Waals surface area contributed by atoms with Crippen LogP contribution < -0.4 is 5.32 Å². The van der Waals surface area contributed by atoms with Crippen molar-refractivity contribution in [2.24, 2.45) is 0 Å². The fourth-order valence-corrected chi connectivity index (χ4v) is 4.20. The van der Waals surface area contributed by atoms with E-state index in [0.717, 1.165) is 17.6 Å². The van der Waals surface area contributed by atoms with Gasteiger partial charge in [-0.2, -0.15) is 17.5 Å². The van der Waals surface area contributed by atoms with Crippen molar-refractivity contribution in [2.75, 3.05) is 39.3 Å². The molecular formula is C17H23BrF3N3O5S. The van der Waals surface area contributed by atoms with E-state index in [2.05, 4.69) is 21.2 Å². The van der Waals surface area contributed by atoms with Crippen LogP contribution in [-0.2, 0) is 19.6 Å². The quantitative estimate of drug-likeness (QED) is 0.596. The minimum Gasteiger partial charge on any atom is -0.475 e. The van der Waals surface area contributed by atoms with Gasteiger partial charge in [-0.25, -0.2) is 13.2 Å². The van der Waals surface area contributed by atoms with E-state index in [0.29, 0.717) is 26.1 Å². The lowest BCUT2D eigenvalue weighted by molar-refractivity contribution is -0.192. The first-order valence-corrected chi connectivity index (χ1v) is 11.2. The number of benzene rings is 1. The van der Waals surface area contributed by atoms with Crippen molar-refractivity contribution in [3.8, 4) is 0 Å². The molecule has 0 unspecified atom stereocenters. The van der Waals surface area contributed by atoms with Crippen LogP contribution in [0.1, 0.15) is 13.3 Å². The summed E-state index contributed by atoms with van der Waals surface area (Å²) in [4.78, 5) is 23.2. The van der Waals surface area contributed by atoms with E-state index in [9.17, 15) is 26.4 Å². The molecule has 0 saturated carbocycles. The SMILES string of the molecule is CCCN(CC(=O)N1CCNCC1)S(=O)(=O)c1ccc(Br)cc1.O=C(O)C(F)(F)F. The normalized spacial score (nSPS) is 14.8. The predicted molar refractivity (Wildman–Crippen MR) is 106 cm³/mol. The van der Waals surface area contributed by atoms with E-state index in [1.165, 1.54) is 4.31 Å². The lowest BCUT2D eigenvalue weighted by Gasteiger charge is -2.30. The number of alkyl halides is 3. The second-order valence-corrected chi connectivity index (χ2v) is 9.08. The average Bonchev–Trinajstić information content (AvgIpc) is 2.68. The van der Waals surface area contributed by atoms with E-state index in [1.54, 1.807) is 29.2 Å². The summed E-state index contributed by atoms with van der Waals surface area (Å²) in [6, 6.07) is 6.49. The predicted octanol–water partition coefficient (Wildman–Crippen LogP) is 1.91. The third-order valence-corrected chi connectivity index (χ3v) is 6.34. The molecule has 2 N–H and O–H groups in total. The Morgan fingerprint density at radius 2 is 1.70 bits per heavy atom. The van der Waals surface area contributed by atoms with Crippen LogP contribution in [0.2, 0.25) is 0 Å². The summed E-state index contributed by atoms with van der Waals surface area (Å²) in [6.07, 6.45) is -4.43. The zero-order valence-electron chi connectivity index (χ0n) is 16.2. The molecule has 0 bridgehead atoms. The molecule has 1 aromatic rings. The number of hydrogen-bond acceptors (Lipinski definition) is 5. The molecule has 2 rings (SSSR count). The molecule has 0 spiro atoms. The topological polar surface area (TPSA) is 107 Å². The van der Waals surface area contributed by atoms with Crippen LogP contribution >= 0.6 is 15.9 Å². The van der Waals surface area contributed by atoms with Gasteiger partial charge in [0.25, 0.3) is 0 Å². The first kappa shape index (κ1) is 26.3. The number of rotatable bonds is 6. The summed E-state index contributed by atoms with van der Waals surface area (Å²) >= 11 is 3.30. The van der Waals surface area contributed by atoms with Gasteiger partial charge in [-0.05, 0) is 30.7 Å². The van der Waals surface area contributed by atoms with Crippen molar-refractivity contribution >= 4 is 37.8 Å². The Hall–Kier alpha value is -1.70. The molecule has 1 amide bonds. The average molecular weight is 518 g/mol. The zero-order chi connectivity index (χ0) is 22.9. The number of carboxylic acids is 1. The van der Waals surface area contributed by atoms with E-state index in [4.69, 9.17) is 9.90 Å². The lowest BCUT2D eigenvalue weighted by atomic mass is 10.3. The minimum atomic E-state index is -5.08. The van der Waals surface area contributed by atoms with E-state index >= 15 is 0 Å². The molecule has 13 heteroatoms. The summed E-state index contributed by atoms with van der Waals surface area (Å²) in [5, 5.41) is 10.3. The molecule has 1 aromatic carbocycles. The van der Waals surface area contributed by atoms with E-state index in [-0.39, 0.29) is 17.3 Å². The smallest absolute Gasteiger partial charge is 0.475 e. The molecule has 0 radical (unpaired) electrons. The largest absolute Gasteiger partial charge is 0.490 e. The Morgan fingerprint density at radius 3 is 2.13 bits per heavy atom. The number of nitrogens with zero attached hydrogens (tertiary/aromatic N) is 2. The van der Waals surface area contributed by atoms with Crippen molar-refractivity contribution in [3.63, 3.8) is 0 Å². The number of hydrogen-bond donors (Lipinski definition) is 2. The molecule has 8 nitrogen and oxygen atoms in total. The molecule has 0 aromatic heterocycles. The van der Waals surface area contributed by atoms with E-state index in [1.807, 2.05) is 6.92 Å². The summed E-state index contributed by atoms with van der Waals surface area (Å²) in [7, 11) is -3.66. The van der Waals surface area contributed by atoms with Crippen LogP contribution in [0.15, 0.2) is 33.6 Å². The fourth-order valence-electron chi connectivity index (χ4n) is 2.45. The van der Waals surface area contributed by atoms with E-state index < -0.39 is 22.2 Å². The highest BCUT2D eigenvalue weighted by Crippen LogP contribution is 2.19. The zero-order valence-corrected chi connectivity index (χ0v) is 18.6. The maximum absolute atomic E-state index is 12.8. The number of carbonyl (C=O) groups excluding carboxylic acids is 1. The highest BCUT2D eigenvalue weighted by atomic mass is 79.9. The van der Waals surface area contributed by atoms with Crippen molar-refractivity contribution < 1.29 is 36.3 Å². The third-order valence-electron chi connectivity index (χ3n) is 3.95. The minimum absolute atomic E-state index is 0.105. The summed E-state index contributed by atoms with van der Waals surface area (Å²) in [5.74, 6) is -2.90. The van der Waals surface area contributed by atoms with Crippen molar-refractivity contribution in [2.45, 2.75) is 24.4 Å². The number of nitrogens with one attached hydrogen (secondary N) is 1. The van der Waals surface area contributed by atoms with Crippen molar-refractivity contribution in [1.82, 2.24) is 14.5 Å². The number of halogens is 4. The molecule has 1 aliphatic heterocycles. The Kier molecular flexibility index (Phi) is 10.2. The van der Waals surface area contributed by atoms with Crippen LogP contribution in [0, 0.1) is 0 Å². The number of carboxylic acid groups (broad SMARTS) is 1. The van der Waals surface area contributed by atoms with Crippen molar-refractivity contribution in [3.05, 3.63) is 28.7 Å².